The number of ether oxygens (including phenoxy) is 1. The molecular formula is C17H19N5O2. The molecule has 0 unspecified atom stereocenters. The maximum absolute atomic E-state index is 13.0. The average molecular weight is 325 g/mol. The van der Waals surface area contributed by atoms with Crippen LogP contribution in [0, 0.1) is 6.92 Å². The van der Waals surface area contributed by atoms with Crippen LogP contribution in [0.4, 0.5) is 0 Å². The summed E-state index contributed by atoms with van der Waals surface area (Å²) in [6.45, 7) is 2.57. The van der Waals surface area contributed by atoms with Gasteiger partial charge in [-0.05, 0) is 24.6 Å². The van der Waals surface area contributed by atoms with E-state index < -0.39 is 0 Å². The molecule has 1 saturated heterocycles. The van der Waals surface area contributed by atoms with Crippen molar-refractivity contribution in [3.8, 4) is 0 Å². The predicted octanol–water partition coefficient (Wildman–Crippen LogP) is 2.20. The van der Waals surface area contributed by atoms with Crippen LogP contribution in [0.5, 0.6) is 0 Å². The molecule has 1 aliphatic heterocycles. The van der Waals surface area contributed by atoms with Crippen molar-refractivity contribution in [1.29, 1.82) is 0 Å². The van der Waals surface area contributed by atoms with Crippen LogP contribution in [0.15, 0.2) is 30.6 Å². The lowest BCUT2D eigenvalue weighted by atomic mass is 10.2. The van der Waals surface area contributed by atoms with Gasteiger partial charge in [0.05, 0.1) is 12.1 Å². The van der Waals surface area contributed by atoms with Crippen molar-refractivity contribution in [2.24, 2.45) is 0 Å². The minimum atomic E-state index is -0.155. The quantitative estimate of drug-likeness (QED) is 0.773. The Bertz CT molecular complexity index is 870. The van der Waals surface area contributed by atoms with Crippen LogP contribution in [0.2, 0.25) is 0 Å². The van der Waals surface area contributed by atoms with Gasteiger partial charge in [-0.2, -0.15) is 5.10 Å². The third-order valence-corrected chi connectivity index (χ3v) is 4.61. The van der Waals surface area contributed by atoms with Crippen molar-refractivity contribution >= 4 is 16.8 Å². The number of hydrogen-bond donors (Lipinski definition) is 2. The van der Waals surface area contributed by atoms with Crippen LogP contribution in [0.3, 0.4) is 0 Å². The molecule has 2 atom stereocenters. The number of hydrogen-bond acceptors (Lipinski definition) is 4. The Morgan fingerprint density at radius 3 is 3.00 bits per heavy atom. The fourth-order valence-corrected chi connectivity index (χ4v) is 3.34. The number of aromatic nitrogens is 4. The molecule has 124 valence electrons. The molecule has 1 aromatic carbocycles. The summed E-state index contributed by atoms with van der Waals surface area (Å²) in [5, 5.41) is 7.81. The summed E-state index contributed by atoms with van der Waals surface area (Å²) in [5.41, 5.74) is 2.71. The van der Waals surface area contributed by atoms with Gasteiger partial charge < -0.3 is 14.6 Å². The van der Waals surface area contributed by atoms with Gasteiger partial charge in [-0.15, -0.1) is 0 Å². The molecule has 2 N–H and O–H groups in total. The van der Waals surface area contributed by atoms with Crippen molar-refractivity contribution in [1.82, 2.24) is 25.1 Å². The van der Waals surface area contributed by atoms with E-state index >= 15 is 0 Å². The van der Waals surface area contributed by atoms with Crippen molar-refractivity contribution in [2.75, 3.05) is 13.7 Å². The van der Waals surface area contributed by atoms with E-state index in [4.69, 9.17) is 4.74 Å². The Morgan fingerprint density at radius 1 is 1.38 bits per heavy atom. The van der Waals surface area contributed by atoms with Crippen LogP contribution in [-0.2, 0) is 4.74 Å². The Balaban J connectivity index is 1.67. The molecule has 4 rings (SSSR count). The van der Waals surface area contributed by atoms with Crippen LogP contribution in [0.25, 0.3) is 10.9 Å². The third-order valence-electron chi connectivity index (χ3n) is 4.61. The number of carbonyl (C=O) groups excluding carboxylic acids is 1. The van der Waals surface area contributed by atoms with Gasteiger partial charge in [-0.3, -0.25) is 9.89 Å². The van der Waals surface area contributed by atoms with Crippen molar-refractivity contribution in [2.45, 2.75) is 25.5 Å². The van der Waals surface area contributed by atoms with Gasteiger partial charge in [-0.25, -0.2) is 4.98 Å². The summed E-state index contributed by atoms with van der Waals surface area (Å²) in [5.74, 6) is 0.639. The zero-order chi connectivity index (χ0) is 16.7. The van der Waals surface area contributed by atoms with Crippen LogP contribution in [-0.4, -0.2) is 50.7 Å². The predicted molar refractivity (Wildman–Crippen MR) is 88.6 cm³/mol. The van der Waals surface area contributed by atoms with Gasteiger partial charge in [-0.1, -0.05) is 12.1 Å². The molecule has 0 radical (unpaired) electrons. The van der Waals surface area contributed by atoms with Crippen molar-refractivity contribution in [3.63, 3.8) is 0 Å². The molecule has 24 heavy (non-hydrogen) atoms. The molecule has 0 aliphatic carbocycles. The Morgan fingerprint density at radius 2 is 2.25 bits per heavy atom. The molecule has 0 spiro atoms. The highest BCUT2D eigenvalue weighted by molar-refractivity contribution is 5.98. The number of fused-ring (bicyclic) bond motifs is 1. The molecule has 7 nitrogen and oxygen atoms in total. The number of likely N-dealkylation sites (tertiary alicyclic amines) is 1. The third kappa shape index (κ3) is 2.46. The summed E-state index contributed by atoms with van der Waals surface area (Å²) in [6, 6.07) is 7.85. The van der Waals surface area contributed by atoms with Crippen LogP contribution < -0.4 is 0 Å². The minimum absolute atomic E-state index is 0.00401. The standard InChI is InChI=1S/C17H19N5O2/c1-10-3-4-11-6-14(20-13(11)5-10)17(23)22-8-12(24-2)7-15(22)16-18-9-19-21-16/h3-6,9,12,15,20H,7-8H2,1-2H3,(H,18,19,21)/t12-,15+/m1/s1. The first-order valence-corrected chi connectivity index (χ1v) is 7.94. The number of H-pyrrole nitrogens is 2. The molecule has 1 aliphatic rings. The Hall–Kier alpha value is -2.67. The molecule has 3 heterocycles. The van der Waals surface area contributed by atoms with E-state index in [2.05, 4.69) is 20.2 Å². The second-order valence-electron chi connectivity index (χ2n) is 6.21. The Labute approximate surface area is 139 Å². The number of carbonyl (C=O) groups is 1. The minimum Gasteiger partial charge on any atom is -0.380 e. The number of benzene rings is 1. The molecule has 3 aromatic rings. The molecule has 0 saturated carbocycles. The van der Waals surface area contributed by atoms with E-state index in [0.717, 1.165) is 16.5 Å². The fraction of sp³-hybridized carbons (Fsp3) is 0.353. The van der Waals surface area contributed by atoms with Gasteiger partial charge in [0, 0.05) is 31.0 Å². The van der Waals surface area contributed by atoms with Gasteiger partial charge >= 0.3 is 0 Å². The van der Waals surface area contributed by atoms with Crippen LogP contribution in [0.1, 0.15) is 34.3 Å². The Kier molecular flexibility index (Phi) is 3.57. The zero-order valence-electron chi connectivity index (χ0n) is 13.6. The van der Waals surface area contributed by atoms with Crippen molar-refractivity contribution < 1.29 is 9.53 Å². The second-order valence-corrected chi connectivity index (χ2v) is 6.21. The molecule has 0 bridgehead atoms. The van der Waals surface area contributed by atoms with E-state index in [9.17, 15) is 4.79 Å². The zero-order valence-corrected chi connectivity index (χ0v) is 13.6. The number of aromatic amines is 2. The molecule has 2 aromatic heterocycles. The maximum atomic E-state index is 13.0. The van der Waals surface area contributed by atoms with Crippen molar-refractivity contribution in [3.05, 3.63) is 47.7 Å². The second kappa shape index (κ2) is 5.76. The number of amides is 1. The lowest BCUT2D eigenvalue weighted by molar-refractivity contribution is 0.0679. The summed E-state index contributed by atoms with van der Waals surface area (Å²) in [4.78, 5) is 22.3. The summed E-state index contributed by atoms with van der Waals surface area (Å²) >= 11 is 0. The topological polar surface area (TPSA) is 86.9 Å². The molecule has 1 amide bonds. The summed E-state index contributed by atoms with van der Waals surface area (Å²) in [7, 11) is 1.67. The highest BCUT2D eigenvalue weighted by Gasteiger charge is 2.38. The smallest absolute Gasteiger partial charge is 0.271 e. The number of methoxy groups -OCH3 is 1. The average Bonchev–Trinajstić information content (AvgIpc) is 3.31. The summed E-state index contributed by atoms with van der Waals surface area (Å²) < 4.78 is 5.46. The first-order chi connectivity index (χ1) is 11.7. The maximum Gasteiger partial charge on any atom is 0.271 e. The normalized spacial score (nSPS) is 20.8. The van der Waals surface area contributed by atoms with E-state index in [1.807, 2.05) is 31.2 Å². The fourth-order valence-electron chi connectivity index (χ4n) is 3.34. The molecule has 1 fully saturated rings. The first kappa shape index (κ1) is 14.9. The molecular weight excluding hydrogens is 306 g/mol. The summed E-state index contributed by atoms with van der Waals surface area (Å²) in [6.07, 6.45) is 2.16. The van der Waals surface area contributed by atoms with Gasteiger partial charge in [0.15, 0.2) is 0 Å². The van der Waals surface area contributed by atoms with E-state index in [-0.39, 0.29) is 18.1 Å². The highest BCUT2D eigenvalue weighted by Crippen LogP contribution is 2.32. The number of nitrogens with zero attached hydrogens (tertiary/aromatic N) is 3. The lowest BCUT2D eigenvalue weighted by Gasteiger charge is -2.21. The largest absolute Gasteiger partial charge is 0.380 e. The monoisotopic (exact) mass is 325 g/mol. The van der Waals surface area contributed by atoms with E-state index in [1.165, 1.54) is 6.33 Å². The lowest BCUT2D eigenvalue weighted by Crippen LogP contribution is -2.32. The SMILES string of the molecule is CO[C@@H]1C[C@@H](c2ncn[nH]2)N(C(=O)c2cc3ccc(C)cc3[nH]2)C1. The number of rotatable bonds is 3. The van der Waals surface area contributed by atoms with Gasteiger partial charge in [0.1, 0.15) is 17.8 Å². The van der Waals surface area contributed by atoms with Gasteiger partial charge in [0.25, 0.3) is 5.91 Å². The highest BCUT2D eigenvalue weighted by atomic mass is 16.5. The number of nitrogens with one attached hydrogen (secondary N) is 2. The van der Waals surface area contributed by atoms with Crippen LogP contribution >= 0.6 is 0 Å². The first-order valence-electron chi connectivity index (χ1n) is 7.94. The van der Waals surface area contributed by atoms with E-state index in [1.54, 1.807) is 12.0 Å². The number of aryl methyl sites for hydroxylation is 1. The van der Waals surface area contributed by atoms with E-state index in [0.29, 0.717) is 24.5 Å². The van der Waals surface area contributed by atoms with Gasteiger partial charge in [0.2, 0.25) is 0 Å². The molecule has 7 heteroatoms.